The van der Waals surface area contributed by atoms with E-state index in [-0.39, 0.29) is 5.56 Å². The molecular weight excluding hydrogens is 218 g/mol. The zero-order valence-electron chi connectivity index (χ0n) is 9.95. The van der Waals surface area contributed by atoms with Gasteiger partial charge in [0.15, 0.2) is 0 Å². The SMILES string of the molecule is O=C(O)c1coc(CNCCC2CCCC2)c1. The Morgan fingerprint density at radius 3 is 2.88 bits per heavy atom. The Morgan fingerprint density at radius 2 is 2.24 bits per heavy atom. The van der Waals surface area contributed by atoms with Crippen molar-refractivity contribution >= 4 is 5.97 Å². The summed E-state index contributed by atoms with van der Waals surface area (Å²) >= 11 is 0. The maximum absolute atomic E-state index is 10.6. The van der Waals surface area contributed by atoms with Gasteiger partial charge in [-0.2, -0.15) is 0 Å². The molecule has 17 heavy (non-hydrogen) atoms. The van der Waals surface area contributed by atoms with Gasteiger partial charge >= 0.3 is 5.97 Å². The Hall–Kier alpha value is -1.29. The van der Waals surface area contributed by atoms with Crippen LogP contribution in [0.1, 0.15) is 48.2 Å². The largest absolute Gasteiger partial charge is 0.478 e. The van der Waals surface area contributed by atoms with E-state index in [2.05, 4.69) is 5.32 Å². The quantitative estimate of drug-likeness (QED) is 0.747. The van der Waals surface area contributed by atoms with Crippen LogP contribution in [0.2, 0.25) is 0 Å². The van der Waals surface area contributed by atoms with Crippen LogP contribution in [0, 0.1) is 5.92 Å². The fourth-order valence-corrected chi connectivity index (χ4v) is 2.40. The second-order valence-corrected chi connectivity index (χ2v) is 4.72. The highest BCUT2D eigenvalue weighted by molar-refractivity contribution is 5.87. The molecule has 1 fully saturated rings. The molecule has 1 heterocycles. The summed E-state index contributed by atoms with van der Waals surface area (Å²) in [7, 11) is 0. The van der Waals surface area contributed by atoms with Crippen molar-refractivity contribution in [2.45, 2.75) is 38.6 Å². The van der Waals surface area contributed by atoms with E-state index in [9.17, 15) is 4.79 Å². The second kappa shape index (κ2) is 5.87. The molecule has 1 aromatic heterocycles. The van der Waals surface area contributed by atoms with Gasteiger partial charge < -0.3 is 14.8 Å². The lowest BCUT2D eigenvalue weighted by Gasteiger charge is -2.08. The van der Waals surface area contributed by atoms with E-state index in [0.29, 0.717) is 12.3 Å². The van der Waals surface area contributed by atoms with Crippen LogP contribution in [0.15, 0.2) is 16.7 Å². The minimum atomic E-state index is -0.939. The average molecular weight is 237 g/mol. The summed E-state index contributed by atoms with van der Waals surface area (Å²) in [5, 5.41) is 12.0. The molecule has 0 saturated heterocycles. The third-order valence-electron chi connectivity index (χ3n) is 3.40. The molecule has 0 spiro atoms. The van der Waals surface area contributed by atoms with Crippen molar-refractivity contribution in [3.8, 4) is 0 Å². The van der Waals surface area contributed by atoms with Crippen LogP contribution in [-0.4, -0.2) is 17.6 Å². The maximum Gasteiger partial charge on any atom is 0.338 e. The number of furan rings is 1. The molecule has 0 unspecified atom stereocenters. The predicted molar refractivity (Wildman–Crippen MR) is 63.9 cm³/mol. The van der Waals surface area contributed by atoms with Crippen molar-refractivity contribution in [2.75, 3.05) is 6.54 Å². The predicted octanol–water partition coefficient (Wildman–Crippen LogP) is 2.65. The first-order valence-corrected chi connectivity index (χ1v) is 6.27. The number of carboxylic acid groups (broad SMARTS) is 1. The van der Waals surface area contributed by atoms with Crippen LogP contribution in [0.25, 0.3) is 0 Å². The number of aromatic carboxylic acids is 1. The summed E-state index contributed by atoms with van der Waals surface area (Å²) in [6.45, 7) is 1.59. The zero-order valence-corrected chi connectivity index (χ0v) is 9.95. The van der Waals surface area contributed by atoms with Crippen LogP contribution in [0.3, 0.4) is 0 Å². The minimum absolute atomic E-state index is 0.220. The number of nitrogens with one attached hydrogen (secondary N) is 1. The van der Waals surface area contributed by atoms with Crippen molar-refractivity contribution in [1.82, 2.24) is 5.32 Å². The van der Waals surface area contributed by atoms with Gasteiger partial charge in [-0.15, -0.1) is 0 Å². The van der Waals surface area contributed by atoms with Crippen molar-refractivity contribution in [2.24, 2.45) is 5.92 Å². The van der Waals surface area contributed by atoms with E-state index in [4.69, 9.17) is 9.52 Å². The highest BCUT2D eigenvalue weighted by Gasteiger charge is 2.14. The Balaban J connectivity index is 1.65. The summed E-state index contributed by atoms with van der Waals surface area (Å²) in [6.07, 6.45) is 8.00. The van der Waals surface area contributed by atoms with Crippen LogP contribution in [0.4, 0.5) is 0 Å². The van der Waals surface area contributed by atoms with E-state index in [0.717, 1.165) is 12.5 Å². The van der Waals surface area contributed by atoms with Gasteiger partial charge in [0.05, 0.1) is 12.1 Å². The Morgan fingerprint density at radius 1 is 1.47 bits per heavy atom. The van der Waals surface area contributed by atoms with Crippen molar-refractivity contribution in [1.29, 1.82) is 0 Å². The Bertz CT molecular complexity index is 366. The number of carboxylic acids is 1. The molecule has 0 aromatic carbocycles. The molecule has 0 bridgehead atoms. The molecule has 4 nitrogen and oxygen atoms in total. The van der Waals surface area contributed by atoms with Crippen LogP contribution in [0.5, 0.6) is 0 Å². The molecule has 94 valence electrons. The van der Waals surface area contributed by atoms with Gasteiger partial charge in [0.2, 0.25) is 0 Å². The molecule has 1 saturated carbocycles. The van der Waals surface area contributed by atoms with E-state index in [1.54, 1.807) is 6.07 Å². The van der Waals surface area contributed by atoms with Gasteiger partial charge in [-0.3, -0.25) is 0 Å². The lowest BCUT2D eigenvalue weighted by Crippen LogP contribution is -2.16. The zero-order chi connectivity index (χ0) is 12.1. The lowest BCUT2D eigenvalue weighted by molar-refractivity contribution is 0.0696. The molecule has 0 atom stereocenters. The summed E-state index contributed by atoms with van der Waals surface area (Å²) in [4.78, 5) is 10.6. The van der Waals surface area contributed by atoms with Crippen molar-refractivity contribution < 1.29 is 14.3 Å². The summed E-state index contributed by atoms with van der Waals surface area (Å²) in [5.41, 5.74) is 0.220. The summed E-state index contributed by atoms with van der Waals surface area (Å²) in [6, 6.07) is 1.57. The normalized spacial score (nSPS) is 16.5. The standard InChI is InChI=1S/C13H19NO3/c15-13(16)11-7-12(17-9-11)8-14-6-5-10-3-1-2-4-10/h7,9-10,14H,1-6,8H2,(H,15,16). The molecule has 1 aliphatic carbocycles. The molecule has 1 aliphatic rings. The van der Waals surface area contributed by atoms with E-state index < -0.39 is 5.97 Å². The van der Waals surface area contributed by atoms with Crippen molar-refractivity contribution in [3.63, 3.8) is 0 Å². The van der Waals surface area contributed by atoms with Crippen LogP contribution in [-0.2, 0) is 6.54 Å². The molecule has 1 aromatic rings. The molecule has 4 heteroatoms. The van der Waals surface area contributed by atoms with Gasteiger partial charge in [-0.1, -0.05) is 25.7 Å². The van der Waals surface area contributed by atoms with E-state index in [1.807, 2.05) is 0 Å². The van der Waals surface area contributed by atoms with Crippen LogP contribution < -0.4 is 5.32 Å². The third kappa shape index (κ3) is 3.60. The molecule has 2 rings (SSSR count). The highest BCUT2D eigenvalue weighted by Crippen LogP contribution is 2.26. The average Bonchev–Trinajstić information content (AvgIpc) is 2.96. The Kier molecular flexibility index (Phi) is 4.20. The monoisotopic (exact) mass is 237 g/mol. The first-order chi connectivity index (χ1) is 8.25. The third-order valence-corrected chi connectivity index (χ3v) is 3.40. The molecule has 0 aliphatic heterocycles. The Labute approximate surface area is 101 Å². The van der Waals surface area contributed by atoms with E-state index in [1.165, 1.54) is 38.4 Å². The second-order valence-electron chi connectivity index (χ2n) is 4.72. The minimum Gasteiger partial charge on any atom is -0.478 e. The molecule has 2 N–H and O–H groups in total. The molecule has 0 amide bonds. The fourth-order valence-electron chi connectivity index (χ4n) is 2.40. The first-order valence-electron chi connectivity index (χ1n) is 6.27. The number of hydrogen-bond acceptors (Lipinski definition) is 3. The smallest absolute Gasteiger partial charge is 0.338 e. The number of hydrogen-bond donors (Lipinski definition) is 2. The van der Waals surface area contributed by atoms with Crippen molar-refractivity contribution in [3.05, 3.63) is 23.7 Å². The maximum atomic E-state index is 10.6. The fraction of sp³-hybridized carbons (Fsp3) is 0.615. The topological polar surface area (TPSA) is 62.5 Å². The summed E-state index contributed by atoms with van der Waals surface area (Å²) < 4.78 is 5.15. The first kappa shape index (κ1) is 12.2. The van der Waals surface area contributed by atoms with E-state index >= 15 is 0 Å². The van der Waals surface area contributed by atoms with Gasteiger partial charge in [0.1, 0.15) is 12.0 Å². The van der Waals surface area contributed by atoms with Crippen LogP contribution >= 0.6 is 0 Å². The highest BCUT2D eigenvalue weighted by atomic mass is 16.4. The van der Waals surface area contributed by atoms with Gasteiger partial charge in [-0.05, 0) is 24.9 Å². The molecule has 0 radical (unpaired) electrons. The molecular formula is C13H19NO3. The van der Waals surface area contributed by atoms with Gasteiger partial charge in [0, 0.05) is 0 Å². The number of carbonyl (C=O) groups is 1. The summed E-state index contributed by atoms with van der Waals surface area (Å²) in [5.74, 6) is 0.633. The lowest BCUT2D eigenvalue weighted by atomic mass is 10.0. The number of rotatable bonds is 6. The van der Waals surface area contributed by atoms with Gasteiger partial charge in [0.25, 0.3) is 0 Å². The van der Waals surface area contributed by atoms with Gasteiger partial charge in [-0.25, -0.2) is 4.79 Å².